The number of ether oxygens (including phenoxy) is 1. The quantitative estimate of drug-likeness (QED) is 0.525. The van der Waals surface area contributed by atoms with Crippen molar-refractivity contribution in [3.05, 3.63) is 70.9 Å². The number of halogens is 1. The maximum atomic E-state index is 13.1. The molecule has 0 radical (unpaired) electrons. The SMILES string of the molecule is CCOC(=O)C1CCCN(C(=O)Cc2cn(Cc3ccc(Cl)cc3)c3ccccc23)C1. The van der Waals surface area contributed by atoms with Crippen LogP contribution in [0.3, 0.4) is 0 Å². The zero-order valence-electron chi connectivity index (χ0n) is 17.7. The molecule has 2 aromatic carbocycles. The van der Waals surface area contributed by atoms with Crippen molar-refractivity contribution in [2.45, 2.75) is 32.7 Å². The van der Waals surface area contributed by atoms with Crippen molar-refractivity contribution in [1.82, 2.24) is 9.47 Å². The molecule has 0 saturated carbocycles. The van der Waals surface area contributed by atoms with E-state index in [1.54, 1.807) is 0 Å². The molecule has 0 N–H and O–H groups in total. The van der Waals surface area contributed by atoms with Gasteiger partial charge in [0.2, 0.25) is 5.91 Å². The summed E-state index contributed by atoms with van der Waals surface area (Å²) < 4.78 is 7.34. The highest BCUT2D eigenvalue weighted by molar-refractivity contribution is 6.30. The Labute approximate surface area is 187 Å². The lowest BCUT2D eigenvalue weighted by atomic mass is 9.97. The highest BCUT2D eigenvalue weighted by atomic mass is 35.5. The first-order chi connectivity index (χ1) is 15.0. The van der Waals surface area contributed by atoms with E-state index in [9.17, 15) is 9.59 Å². The summed E-state index contributed by atoms with van der Waals surface area (Å²) in [5.74, 6) is -0.355. The number of carbonyl (C=O) groups is 2. The molecule has 1 atom stereocenters. The van der Waals surface area contributed by atoms with Crippen molar-refractivity contribution < 1.29 is 14.3 Å². The van der Waals surface area contributed by atoms with Crippen molar-refractivity contribution >= 4 is 34.4 Å². The molecule has 2 heterocycles. The van der Waals surface area contributed by atoms with E-state index in [1.165, 1.54) is 0 Å². The second-order valence-electron chi connectivity index (χ2n) is 8.03. The third kappa shape index (κ3) is 4.93. The summed E-state index contributed by atoms with van der Waals surface area (Å²) in [5.41, 5.74) is 3.26. The third-order valence-corrected chi connectivity index (χ3v) is 6.12. The highest BCUT2D eigenvalue weighted by Crippen LogP contribution is 2.25. The Morgan fingerprint density at radius 1 is 1.13 bits per heavy atom. The molecule has 31 heavy (non-hydrogen) atoms. The molecule has 5 nitrogen and oxygen atoms in total. The van der Waals surface area contributed by atoms with Crippen LogP contribution < -0.4 is 0 Å². The van der Waals surface area contributed by atoms with E-state index >= 15 is 0 Å². The van der Waals surface area contributed by atoms with E-state index in [0.717, 1.165) is 39.9 Å². The normalized spacial score (nSPS) is 16.5. The number of hydrogen-bond donors (Lipinski definition) is 0. The predicted octanol–water partition coefficient (Wildman–Crippen LogP) is 4.69. The van der Waals surface area contributed by atoms with Crippen LogP contribution in [0.2, 0.25) is 5.02 Å². The van der Waals surface area contributed by atoms with Crippen LogP contribution in [0.25, 0.3) is 10.9 Å². The molecule has 1 aromatic heterocycles. The summed E-state index contributed by atoms with van der Waals surface area (Å²) in [7, 11) is 0. The molecule has 3 aromatic rings. The second kappa shape index (κ2) is 9.56. The lowest BCUT2D eigenvalue weighted by molar-refractivity contribution is -0.151. The summed E-state index contributed by atoms with van der Waals surface area (Å²) in [4.78, 5) is 27.0. The molecule has 1 amide bonds. The van der Waals surface area contributed by atoms with Gasteiger partial charge in [-0.05, 0) is 49.1 Å². The third-order valence-electron chi connectivity index (χ3n) is 5.87. The molecule has 0 aliphatic carbocycles. The predicted molar refractivity (Wildman–Crippen MR) is 122 cm³/mol. The van der Waals surface area contributed by atoms with Gasteiger partial charge in [0.15, 0.2) is 0 Å². The fourth-order valence-electron chi connectivity index (χ4n) is 4.31. The van der Waals surface area contributed by atoms with Crippen molar-refractivity contribution in [3.8, 4) is 0 Å². The fourth-order valence-corrected chi connectivity index (χ4v) is 4.44. The molecule has 1 aliphatic rings. The lowest BCUT2D eigenvalue weighted by Gasteiger charge is -2.31. The van der Waals surface area contributed by atoms with Gasteiger partial charge in [0.05, 0.1) is 18.9 Å². The van der Waals surface area contributed by atoms with Gasteiger partial charge in [-0.2, -0.15) is 0 Å². The van der Waals surface area contributed by atoms with Crippen molar-refractivity contribution in [2.24, 2.45) is 5.92 Å². The zero-order chi connectivity index (χ0) is 21.8. The Balaban J connectivity index is 1.52. The van der Waals surface area contributed by atoms with Gasteiger partial charge in [-0.1, -0.05) is 41.9 Å². The van der Waals surface area contributed by atoms with Gasteiger partial charge in [-0.15, -0.1) is 0 Å². The van der Waals surface area contributed by atoms with E-state index < -0.39 is 0 Å². The number of aromatic nitrogens is 1. The van der Waals surface area contributed by atoms with Crippen LogP contribution in [0.1, 0.15) is 30.9 Å². The molecule has 0 bridgehead atoms. The van der Waals surface area contributed by atoms with Crippen molar-refractivity contribution in [1.29, 1.82) is 0 Å². The standard InChI is InChI=1S/C25H27ClN2O3/c1-2-31-25(30)19-6-5-13-27(16-19)24(29)14-20-17-28(23-8-4-3-7-22(20)23)15-18-9-11-21(26)12-10-18/h3-4,7-12,17,19H,2,5-6,13-16H2,1H3. The number of piperidine rings is 1. The van der Waals surface area contributed by atoms with E-state index in [0.29, 0.717) is 32.7 Å². The highest BCUT2D eigenvalue weighted by Gasteiger charge is 2.29. The number of rotatable bonds is 6. The van der Waals surface area contributed by atoms with Gasteiger partial charge >= 0.3 is 5.97 Å². The molecule has 1 saturated heterocycles. The molecule has 1 aliphatic heterocycles. The molecule has 0 spiro atoms. The minimum Gasteiger partial charge on any atom is -0.466 e. The molecule has 1 unspecified atom stereocenters. The lowest BCUT2D eigenvalue weighted by Crippen LogP contribution is -2.43. The largest absolute Gasteiger partial charge is 0.466 e. The zero-order valence-corrected chi connectivity index (χ0v) is 18.5. The van der Waals surface area contributed by atoms with Gasteiger partial charge in [0.25, 0.3) is 0 Å². The Morgan fingerprint density at radius 3 is 2.68 bits per heavy atom. The maximum Gasteiger partial charge on any atom is 0.310 e. The second-order valence-corrected chi connectivity index (χ2v) is 8.47. The average molecular weight is 439 g/mol. The van der Waals surface area contributed by atoms with Gasteiger partial charge in [-0.25, -0.2) is 0 Å². The van der Waals surface area contributed by atoms with Gasteiger partial charge < -0.3 is 14.2 Å². The van der Waals surface area contributed by atoms with E-state index in [2.05, 4.69) is 22.9 Å². The van der Waals surface area contributed by atoms with Crippen LogP contribution in [0.15, 0.2) is 54.7 Å². The molecular formula is C25H27ClN2O3. The van der Waals surface area contributed by atoms with Crippen LogP contribution in [-0.2, 0) is 27.3 Å². The molecule has 4 rings (SSSR count). The minimum atomic E-state index is -0.219. The average Bonchev–Trinajstić information content (AvgIpc) is 3.13. The van der Waals surface area contributed by atoms with Crippen molar-refractivity contribution in [3.63, 3.8) is 0 Å². The van der Waals surface area contributed by atoms with Gasteiger partial charge in [0, 0.05) is 41.8 Å². The van der Waals surface area contributed by atoms with Crippen LogP contribution >= 0.6 is 11.6 Å². The number of likely N-dealkylation sites (tertiary alicyclic amines) is 1. The van der Waals surface area contributed by atoms with Crippen LogP contribution in [0, 0.1) is 5.92 Å². The Hall–Kier alpha value is -2.79. The first-order valence-electron chi connectivity index (χ1n) is 10.8. The van der Waals surface area contributed by atoms with E-state index in [-0.39, 0.29) is 17.8 Å². The topological polar surface area (TPSA) is 51.5 Å². The smallest absolute Gasteiger partial charge is 0.310 e. The maximum absolute atomic E-state index is 13.1. The van der Waals surface area contributed by atoms with Gasteiger partial charge in [0.1, 0.15) is 0 Å². The summed E-state index contributed by atoms with van der Waals surface area (Å²) in [6.45, 7) is 4.03. The Morgan fingerprint density at radius 2 is 1.90 bits per heavy atom. The summed E-state index contributed by atoms with van der Waals surface area (Å²) in [5, 5.41) is 1.80. The van der Waals surface area contributed by atoms with Crippen LogP contribution in [0.4, 0.5) is 0 Å². The van der Waals surface area contributed by atoms with Crippen LogP contribution in [0.5, 0.6) is 0 Å². The summed E-state index contributed by atoms with van der Waals surface area (Å²) in [6, 6.07) is 16.0. The number of para-hydroxylation sites is 1. The van der Waals surface area contributed by atoms with Crippen LogP contribution in [-0.4, -0.2) is 41.0 Å². The number of hydrogen-bond acceptors (Lipinski definition) is 3. The Bertz CT molecular complexity index is 1070. The number of nitrogens with zero attached hydrogens (tertiary/aromatic N) is 2. The molecule has 1 fully saturated rings. The molecular weight excluding hydrogens is 412 g/mol. The molecule has 162 valence electrons. The minimum absolute atomic E-state index is 0.0587. The number of benzene rings is 2. The molecule has 6 heteroatoms. The fraction of sp³-hybridized carbons (Fsp3) is 0.360. The van der Waals surface area contributed by atoms with Crippen molar-refractivity contribution in [2.75, 3.05) is 19.7 Å². The van der Waals surface area contributed by atoms with E-state index in [1.807, 2.05) is 48.2 Å². The number of amides is 1. The number of carbonyl (C=O) groups excluding carboxylic acids is 2. The first kappa shape index (κ1) is 21.4. The Kier molecular flexibility index (Phi) is 6.62. The van der Waals surface area contributed by atoms with E-state index in [4.69, 9.17) is 16.3 Å². The first-order valence-corrected chi connectivity index (χ1v) is 11.2. The van der Waals surface area contributed by atoms with Gasteiger partial charge in [-0.3, -0.25) is 9.59 Å². The monoisotopic (exact) mass is 438 g/mol. The summed E-state index contributed by atoms with van der Waals surface area (Å²) >= 11 is 6.01. The number of esters is 1. The number of fused-ring (bicyclic) bond motifs is 1. The summed E-state index contributed by atoms with van der Waals surface area (Å²) in [6.07, 6.45) is 4.00.